The zero-order valence-electron chi connectivity index (χ0n) is 11.5. The molecule has 1 aromatic heterocycles. The summed E-state index contributed by atoms with van der Waals surface area (Å²) in [4.78, 5) is 18.7. The minimum Gasteiger partial charge on any atom is -0.493 e. The van der Waals surface area contributed by atoms with E-state index in [4.69, 9.17) is 4.74 Å². The standard InChI is InChI=1S/C15H18N2O2S/c1-2-6-12-11-14(18)17-15(16-12)20-10-9-19-13-7-4-3-5-8-13/h3-5,7-8,11H,2,6,9-10H2,1H3,(H,16,17,18). The predicted molar refractivity (Wildman–Crippen MR) is 81.5 cm³/mol. The van der Waals surface area contributed by atoms with Gasteiger partial charge in [-0.05, 0) is 18.6 Å². The molecule has 0 saturated heterocycles. The van der Waals surface area contributed by atoms with E-state index in [0.717, 1.165) is 30.0 Å². The molecule has 0 atom stereocenters. The lowest BCUT2D eigenvalue weighted by molar-refractivity contribution is 0.344. The first-order chi connectivity index (χ1) is 9.78. The van der Waals surface area contributed by atoms with Crippen LogP contribution in [0.4, 0.5) is 0 Å². The number of hydrogen-bond acceptors (Lipinski definition) is 4. The van der Waals surface area contributed by atoms with Crippen molar-refractivity contribution in [2.24, 2.45) is 0 Å². The number of ether oxygens (including phenoxy) is 1. The topological polar surface area (TPSA) is 55.0 Å². The van der Waals surface area contributed by atoms with E-state index in [1.807, 2.05) is 30.3 Å². The maximum Gasteiger partial charge on any atom is 0.251 e. The fraction of sp³-hybridized carbons (Fsp3) is 0.333. The van der Waals surface area contributed by atoms with Gasteiger partial charge in [0.15, 0.2) is 5.16 Å². The molecule has 106 valence electrons. The molecule has 0 bridgehead atoms. The Bertz CT molecular complexity index is 584. The SMILES string of the molecule is CCCc1cc(=O)[nH]c(SCCOc2ccccc2)n1. The van der Waals surface area contributed by atoms with E-state index in [0.29, 0.717) is 11.8 Å². The lowest BCUT2D eigenvalue weighted by Crippen LogP contribution is -2.11. The van der Waals surface area contributed by atoms with Gasteiger partial charge in [-0.15, -0.1) is 0 Å². The van der Waals surface area contributed by atoms with Crippen molar-refractivity contribution in [2.75, 3.05) is 12.4 Å². The molecular formula is C15H18N2O2S. The number of nitrogens with one attached hydrogen (secondary N) is 1. The predicted octanol–water partition coefficient (Wildman–Crippen LogP) is 2.89. The van der Waals surface area contributed by atoms with Gasteiger partial charge in [0.25, 0.3) is 5.56 Å². The van der Waals surface area contributed by atoms with Crippen LogP contribution in [0.25, 0.3) is 0 Å². The summed E-state index contributed by atoms with van der Waals surface area (Å²) in [6.07, 6.45) is 1.82. The highest BCUT2D eigenvalue weighted by Crippen LogP contribution is 2.13. The Labute approximate surface area is 122 Å². The van der Waals surface area contributed by atoms with Gasteiger partial charge in [0.2, 0.25) is 0 Å². The average molecular weight is 290 g/mol. The largest absolute Gasteiger partial charge is 0.493 e. The number of nitrogens with zero attached hydrogens (tertiary/aromatic N) is 1. The zero-order valence-corrected chi connectivity index (χ0v) is 12.3. The fourth-order valence-electron chi connectivity index (χ4n) is 1.75. The molecule has 20 heavy (non-hydrogen) atoms. The highest BCUT2D eigenvalue weighted by molar-refractivity contribution is 7.99. The lowest BCUT2D eigenvalue weighted by atomic mass is 10.2. The second-order valence-corrected chi connectivity index (χ2v) is 5.39. The van der Waals surface area contributed by atoms with Crippen LogP contribution in [0.2, 0.25) is 0 Å². The van der Waals surface area contributed by atoms with E-state index in [-0.39, 0.29) is 5.56 Å². The molecular weight excluding hydrogens is 272 g/mol. The highest BCUT2D eigenvalue weighted by Gasteiger charge is 2.02. The Morgan fingerprint density at radius 3 is 2.85 bits per heavy atom. The third-order valence-corrected chi connectivity index (χ3v) is 3.45. The summed E-state index contributed by atoms with van der Waals surface area (Å²) in [6, 6.07) is 11.2. The molecule has 2 aromatic rings. The summed E-state index contributed by atoms with van der Waals surface area (Å²) in [5.41, 5.74) is 0.762. The van der Waals surface area contributed by atoms with Crippen LogP contribution in [0.15, 0.2) is 46.3 Å². The van der Waals surface area contributed by atoms with Gasteiger partial charge >= 0.3 is 0 Å². The molecule has 0 amide bonds. The number of thioether (sulfide) groups is 1. The van der Waals surface area contributed by atoms with E-state index in [9.17, 15) is 4.79 Å². The molecule has 0 radical (unpaired) electrons. The number of benzene rings is 1. The Balaban J connectivity index is 1.83. The molecule has 0 aliphatic carbocycles. The van der Waals surface area contributed by atoms with Crippen LogP contribution in [0, 0.1) is 0 Å². The Morgan fingerprint density at radius 1 is 1.30 bits per heavy atom. The minimum absolute atomic E-state index is 0.0880. The van der Waals surface area contributed by atoms with Crippen molar-refractivity contribution in [3.63, 3.8) is 0 Å². The van der Waals surface area contributed by atoms with E-state index in [1.165, 1.54) is 11.8 Å². The number of aromatic amines is 1. The Hall–Kier alpha value is -1.75. The molecule has 4 nitrogen and oxygen atoms in total. The van der Waals surface area contributed by atoms with Crippen molar-refractivity contribution in [2.45, 2.75) is 24.9 Å². The maximum atomic E-state index is 11.5. The quantitative estimate of drug-likeness (QED) is 0.484. The number of para-hydroxylation sites is 1. The van der Waals surface area contributed by atoms with Crippen LogP contribution in [0.5, 0.6) is 5.75 Å². The van der Waals surface area contributed by atoms with Crippen LogP contribution >= 0.6 is 11.8 Å². The summed E-state index contributed by atoms with van der Waals surface area (Å²) in [5, 5.41) is 0.664. The van der Waals surface area contributed by atoms with Crippen LogP contribution in [0.1, 0.15) is 19.0 Å². The number of rotatable bonds is 7. The molecule has 0 saturated carbocycles. The first kappa shape index (κ1) is 14.7. The molecule has 1 aromatic carbocycles. The molecule has 0 spiro atoms. The van der Waals surface area contributed by atoms with Crippen molar-refractivity contribution in [3.8, 4) is 5.75 Å². The van der Waals surface area contributed by atoms with E-state index in [2.05, 4.69) is 16.9 Å². The van der Waals surface area contributed by atoms with Gasteiger partial charge < -0.3 is 9.72 Å². The number of hydrogen-bond donors (Lipinski definition) is 1. The Morgan fingerprint density at radius 2 is 2.10 bits per heavy atom. The smallest absolute Gasteiger partial charge is 0.251 e. The maximum absolute atomic E-state index is 11.5. The van der Waals surface area contributed by atoms with Crippen LogP contribution in [0.3, 0.4) is 0 Å². The van der Waals surface area contributed by atoms with Crippen molar-refractivity contribution in [3.05, 3.63) is 52.4 Å². The zero-order chi connectivity index (χ0) is 14.2. The normalized spacial score (nSPS) is 10.4. The Kier molecular flexibility index (Phi) is 5.68. The molecule has 0 fully saturated rings. The van der Waals surface area contributed by atoms with Crippen molar-refractivity contribution in [1.29, 1.82) is 0 Å². The van der Waals surface area contributed by atoms with Crippen molar-refractivity contribution < 1.29 is 4.74 Å². The van der Waals surface area contributed by atoms with Gasteiger partial charge in [0.05, 0.1) is 6.61 Å². The third kappa shape index (κ3) is 4.74. The lowest BCUT2D eigenvalue weighted by Gasteiger charge is -2.06. The molecule has 1 N–H and O–H groups in total. The van der Waals surface area contributed by atoms with Gasteiger partial charge in [-0.3, -0.25) is 4.79 Å². The van der Waals surface area contributed by atoms with Crippen molar-refractivity contribution in [1.82, 2.24) is 9.97 Å². The summed E-state index contributed by atoms with van der Waals surface area (Å²) >= 11 is 1.50. The fourth-order valence-corrected chi connectivity index (χ4v) is 2.47. The first-order valence-electron chi connectivity index (χ1n) is 6.69. The molecule has 0 aliphatic heterocycles. The molecule has 0 unspecified atom stereocenters. The number of H-pyrrole nitrogens is 1. The second kappa shape index (κ2) is 7.75. The number of aryl methyl sites for hydroxylation is 1. The monoisotopic (exact) mass is 290 g/mol. The van der Waals surface area contributed by atoms with E-state index >= 15 is 0 Å². The molecule has 2 rings (SSSR count). The summed E-state index contributed by atoms with van der Waals surface area (Å²) in [5.74, 6) is 1.60. The van der Waals surface area contributed by atoms with Gasteiger partial charge in [-0.1, -0.05) is 43.3 Å². The highest BCUT2D eigenvalue weighted by atomic mass is 32.2. The van der Waals surface area contributed by atoms with Gasteiger partial charge in [-0.25, -0.2) is 4.98 Å². The van der Waals surface area contributed by atoms with Gasteiger partial charge in [0, 0.05) is 17.5 Å². The molecule has 1 heterocycles. The van der Waals surface area contributed by atoms with Crippen LogP contribution in [-0.2, 0) is 6.42 Å². The van der Waals surface area contributed by atoms with Gasteiger partial charge in [-0.2, -0.15) is 0 Å². The molecule has 5 heteroatoms. The summed E-state index contributed by atoms with van der Waals surface area (Å²) in [6.45, 7) is 2.65. The third-order valence-electron chi connectivity index (χ3n) is 2.61. The van der Waals surface area contributed by atoms with Crippen LogP contribution in [-0.4, -0.2) is 22.3 Å². The van der Waals surface area contributed by atoms with Gasteiger partial charge in [0.1, 0.15) is 5.75 Å². The second-order valence-electron chi connectivity index (χ2n) is 4.30. The van der Waals surface area contributed by atoms with E-state index < -0.39 is 0 Å². The number of aromatic nitrogens is 2. The van der Waals surface area contributed by atoms with Crippen molar-refractivity contribution >= 4 is 11.8 Å². The van der Waals surface area contributed by atoms with Crippen LogP contribution < -0.4 is 10.3 Å². The minimum atomic E-state index is -0.0880. The van der Waals surface area contributed by atoms with E-state index in [1.54, 1.807) is 6.07 Å². The molecule has 0 aliphatic rings. The summed E-state index contributed by atoms with van der Waals surface area (Å²) < 4.78 is 5.60. The average Bonchev–Trinajstić information content (AvgIpc) is 2.45. The summed E-state index contributed by atoms with van der Waals surface area (Å²) in [7, 11) is 0. The first-order valence-corrected chi connectivity index (χ1v) is 7.67.